The number of benzene rings is 2. The number of hydrogen-bond donors (Lipinski definition) is 1. The van der Waals surface area contributed by atoms with Crippen LogP contribution in [0.4, 0.5) is 5.95 Å². The first-order valence-corrected chi connectivity index (χ1v) is 13.9. The smallest absolute Gasteiger partial charge is 0.266 e. The van der Waals surface area contributed by atoms with Crippen molar-refractivity contribution in [2.24, 2.45) is 5.92 Å². The van der Waals surface area contributed by atoms with Crippen LogP contribution in [0.1, 0.15) is 54.3 Å². The SMILES string of the molecule is CC[C@H]1CC[C@H](N(Cc2cc(-c3cnc(N)nc3)ccc2OC)C(=O)c2sc3ccccc3c2Cl)CC1. The van der Waals surface area contributed by atoms with Crippen LogP contribution in [-0.4, -0.2) is 33.9 Å². The lowest BCUT2D eigenvalue weighted by molar-refractivity contribution is 0.0591. The zero-order valence-electron chi connectivity index (χ0n) is 21.1. The molecular formula is C29H31ClN4O2S. The van der Waals surface area contributed by atoms with E-state index < -0.39 is 0 Å². The van der Waals surface area contributed by atoms with Gasteiger partial charge in [0.25, 0.3) is 5.91 Å². The molecule has 8 heteroatoms. The van der Waals surface area contributed by atoms with Crippen molar-refractivity contribution in [3.63, 3.8) is 0 Å². The second kappa shape index (κ2) is 11.1. The fraction of sp³-hybridized carbons (Fsp3) is 0.345. The quantitative estimate of drug-likeness (QED) is 0.271. The molecule has 1 amide bonds. The zero-order chi connectivity index (χ0) is 25.9. The van der Waals surface area contributed by atoms with E-state index in [1.807, 2.05) is 41.3 Å². The summed E-state index contributed by atoms with van der Waals surface area (Å²) in [4.78, 5) is 25.0. The third kappa shape index (κ3) is 5.29. The van der Waals surface area contributed by atoms with Gasteiger partial charge in [-0.2, -0.15) is 0 Å². The zero-order valence-corrected chi connectivity index (χ0v) is 22.7. The second-order valence-corrected chi connectivity index (χ2v) is 11.0. The summed E-state index contributed by atoms with van der Waals surface area (Å²) in [5.74, 6) is 1.68. The van der Waals surface area contributed by atoms with Crippen molar-refractivity contribution in [3.8, 4) is 16.9 Å². The van der Waals surface area contributed by atoms with Crippen molar-refractivity contribution in [1.29, 1.82) is 0 Å². The molecule has 2 heterocycles. The molecule has 2 aromatic heterocycles. The normalized spacial score (nSPS) is 17.6. The van der Waals surface area contributed by atoms with Gasteiger partial charge in [0.2, 0.25) is 5.95 Å². The van der Waals surface area contributed by atoms with Gasteiger partial charge in [0, 0.05) is 46.2 Å². The van der Waals surface area contributed by atoms with Crippen LogP contribution in [0.5, 0.6) is 5.75 Å². The van der Waals surface area contributed by atoms with Gasteiger partial charge in [0.05, 0.1) is 12.1 Å². The van der Waals surface area contributed by atoms with Crippen molar-refractivity contribution in [2.45, 2.75) is 51.6 Å². The number of ether oxygens (including phenoxy) is 1. The molecule has 0 atom stereocenters. The average molecular weight is 535 g/mol. The number of nitrogen functional groups attached to an aromatic ring is 1. The van der Waals surface area contributed by atoms with E-state index >= 15 is 0 Å². The summed E-state index contributed by atoms with van der Waals surface area (Å²) in [5.41, 5.74) is 8.41. The molecule has 0 aliphatic heterocycles. The summed E-state index contributed by atoms with van der Waals surface area (Å²) in [6.45, 7) is 2.68. The molecule has 0 spiro atoms. The van der Waals surface area contributed by atoms with Crippen molar-refractivity contribution in [2.75, 3.05) is 12.8 Å². The van der Waals surface area contributed by atoms with Crippen LogP contribution >= 0.6 is 22.9 Å². The van der Waals surface area contributed by atoms with E-state index in [0.717, 1.165) is 64.1 Å². The predicted molar refractivity (Wildman–Crippen MR) is 151 cm³/mol. The standard InChI is InChI=1S/C29H31ClN4O2S/c1-3-18-8-11-22(12-9-18)34(28(35)27-26(30)23-6-4-5-7-25(23)37-27)17-20-14-19(10-13-24(20)36-2)21-15-32-29(31)33-16-21/h4-7,10,13-16,18,22H,3,8-9,11-12,17H2,1-2H3,(H2,31,32,33)/t18-,22-. The Labute approximate surface area is 226 Å². The number of methoxy groups -OCH3 is 1. The highest BCUT2D eigenvalue weighted by atomic mass is 35.5. The van der Waals surface area contributed by atoms with Crippen LogP contribution in [0, 0.1) is 5.92 Å². The lowest BCUT2D eigenvalue weighted by atomic mass is 9.83. The van der Waals surface area contributed by atoms with E-state index in [1.165, 1.54) is 17.8 Å². The number of amides is 1. The van der Waals surface area contributed by atoms with Crippen molar-refractivity contribution < 1.29 is 9.53 Å². The van der Waals surface area contributed by atoms with Crippen LogP contribution in [0.3, 0.4) is 0 Å². The van der Waals surface area contributed by atoms with Gasteiger partial charge in [-0.3, -0.25) is 4.79 Å². The largest absolute Gasteiger partial charge is 0.496 e. The number of anilines is 1. The fourth-order valence-corrected chi connectivity index (χ4v) is 6.73. The molecule has 1 aliphatic carbocycles. The van der Waals surface area contributed by atoms with Crippen molar-refractivity contribution in [3.05, 3.63) is 70.3 Å². The summed E-state index contributed by atoms with van der Waals surface area (Å²) in [6, 6.07) is 14.0. The van der Waals surface area contributed by atoms with E-state index in [-0.39, 0.29) is 17.9 Å². The summed E-state index contributed by atoms with van der Waals surface area (Å²) < 4.78 is 6.74. The topological polar surface area (TPSA) is 81.3 Å². The highest BCUT2D eigenvalue weighted by Crippen LogP contribution is 2.39. The van der Waals surface area contributed by atoms with Crippen LogP contribution < -0.4 is 10.5 Å². The average Bonchev–Trinajstić information content (AvgIpc) is 3.28. The van der Waals surface area contributed by atoms with E-state index in [1.54, 1.807) is 19.5 Å². The third-order valence-corrected chi connectivity index (χ3v) is 9.11. The van der Waals surface area contributed by atoms with Gasteiger partial charge in [-0.15, -0.1) is 11.3 Å². The predicted octanol–water partition coefficient (Wildman–Crippen LogP) is 7.21. The van der Waals surface area contributed by atoms with Crippen LogP contribution in [-0.2, 0) is 6.54 Å². The first-order chi connectivity index (χ1) is 18.0. The number of fused-ring (bicyclic) bond motifs is 1. The van der Waals surface area contributed by atoms with Gasteiger partial charge in [0.1, 0.15) is 10.6 Å². The first-order valence-electron chi connectivity index (χ1n) is 12.7. The Hall–Kier alpha value is -3.16. The van der Waals surface area contributed by atoms with Gasteiger partial charge in [-0.1, -0.05) is 49.2 Å². The lowest BCUT2D eigenvalue weighted by Gasteiger charge is -2.37. The van der Waals surface area contributed by atoms with E-state index in [0.29, 0.717) is 16.4 Å². The van der Waals surface area contributed by atoms with Crippen LogP contribution in [0.15, 0.2) is 54.9 Å². The summed E-state index contributed by atoms with van der Waals surface area (Å²) in [6.07, 6.45) is 8.83. The molecule has 0 saturated heterocycles. The minimum Gasteiger partial charge on any atom is -0.496 e. The Morgan fingerprint density at radius 3 is 2.51 bits per heavy atom. The third-order valence-electron chi connectivity index (χ3n) is 7.45. The number of carbonyl (C=O) groups is 1. The minimum atomic E-state index is -0.0191. The molecule has 1 saturated carbocycles. The van der Waals surface area contributed by atoms with E-state index in [9.17, 15) is 4.79 Å². The monoisotopic (exact) mass is 534 g/mol. The van der Waals surface area contributed by atoms with Crippen LogP contribution in [0.25, 0.3) is 21.2 Å². The second-order valence-electron chi connectivity index (χ2n) is 9.61. The van der Waals surface area contributed by atoms with Gasteiger partial charge < -0.3 is 15.4 Å². The number of halogens is 1. The Balaban J connectivity index is 1.52. The molecule has 6 nitrogen and oxygen atoms in total. The number of nitrogens with zero attached hydrogens (tertiary/aromatic N) is 3. The highest BCUT2D eigenvalue weighted by Gasteiger charge is 2.32. The number of aromatic nitrogens is 2. The molecule has 37 heavy (non-hydrogen) atoms. The lowest BCUT2D eigenvalue weighted by Crippen LogP contribution is -2.41. The molecular weight excluding hydrogens is 504 g/mol. The number of rotatable bonds is 7. The minimum absolute atomic E-state index is 0.0191. The van der Waals surface area contributed by atoms with Gasteiger partial charge in [0.15, 0.2) is 0 Å². The van der Waals surface area contributed by atoms with Crippen LogP contribution in [0.2, 0.25) is 5.02 Å². The van der Waals surface area contributed by atoms with E-state index in [4.69, 9.17) is 22.1 Å². The molecule has 1 aliphatic rings. The molecule has 2 aromatic carbocycles. The van der Waals surface area contributed by atoms with Crippen molar-refractivity contribution >= 4 is 44.9 Å². The van der Waals surface area contributed by atoms with E-state index in [2.05, 4.69) is 23.0 Å². The van der Waals surface area contributed by atoms with Gasteiger partial charge in [-0.25, -0.2) is 9.97 Å². The molecule has 2 N–H and O–H groups in total. The highest BCUT2D eigenvalue weighted by molar-refractivity contribution is 7.21. The maximum Gasteiger partial charge on any atom is 0.266 e. The number of nitrogens with two attached hydrogens (primary N) is 1. The van der Waals surface area contributed by atoms with Gasteiger partial charge >= 0.3 is 0 Å². The summed E-state index contributed by atoms with van der Waals surface area (Å²) >= 11 is 8.24. The molecule has 4 aromatic rings. The Bertz CT molecular complexity index is 1400. The van der Waals surface area contributed by atoms with Crippen molar-refractivity contribution in [1.82, 2.24) is 14.9 Å². The molecule has 0 unspecified atom stereocenters. The number of thiophene rings is 1. The summed E-state index contributed by atoms with van der Waals surface area (Å²) in [5, 5.41) is 1.47. The number of hydrogen-bond acceptors (Lipinski definition) is 6. The summed E-state index contributed by atoms with van der Waals surface area (Å²) in [7, 11) is 1.66. The fourth-order valence-electron chi connectivity index (χ4n) is 5.27. The Morgan fingerprint density at radius 2 is 1.84 bits per heavy atom. The molecule has 5 rings (SSSR count). The number of carbonyl (C=O) groups excluding carboxylic acids is 1. The van der Waals surface area contributed by atoms with Gasteiger partial charge in [-0.05, 0) is 55.4 Å². The molecule has 0 radical (unpaired) electrons. The Morgan fingerprint density at radius 1 is 1.11 bits per heavy atom. The molecule has 1 fully saturated rings. The molecule has 0 bridgehead atoms. The maximum atomic E-state index is 14.2. The Kier molecular flexibility index (Phi) is 7.63. The molecule has 192 valence electrons. The first kappa shape index (κ1) is 25.5. The maximum absolute atomic E-state index is 14.2.